The van der Waals surface area contributed by atoms with Crippen LogP contribution in [0.2, 0.25) is 0 Å². The van der Waals surface area contributed by atoms with Crippen molar-refractivity contribution in [3.63, 3.8) is 0 Å². The summed E-state index contributed by atoms with van der Waals surface area (Å²) < 4.78 is 7.87. The van der Waals surface area contributed by atoms with Crippen LogP contribution in [0.15, 0.2) is 6.20 Å². The molecule has 0 aliphatic rings. The van der Waals surface area contributed by atoms with E-state index in [4.69, 9.17) is 4.74 Å². The van der Waals surface area contributed by atoms with Gasteiger partial charge in [0.25, 0.3) is 0 Å². The SMILES string of the molecule is CCCNCc1cnc(C)n1CCOCC(C)C. The Bertz CT molecular complexity index is 334. The second-order valence-electron chi connectivity index (χ2n) is 5.09. The minimum Gasteiger partial charge on any atom is -0.379 e. The monoisotopic (exact) mass is 253 g/mol. The predicted octanol–water partition coefficient (Wildman–Crippen LogP) is 2.36. The standard InChI is InChI=1S/C14H27N3O/c1-5-6-15-9-14-10-16-13(4)17(14)7-8-18-11-12(2)3/h10,12,15H,5-9,11H2,1-4H3. The Balaban J connectivity index is 2.40. The Morgan fingerprint density at radius 3 is 2.89 bits per heavy atom. The van der Waals surface area contributed by atoms with Crippen molar-refractivity contribution in [3.05, 3.63) is 17.7 Å². The number of imidazole rings is 1. The highest BCUT2D eigenvalue weighted by Gasteiger charge is 2.06. The van der Waals surface area contributed by atoms with Crippen LogP contribution in [0.1, 0.15) is 38.7 Å². The topological polar surface area (TPSA) is 39.1 Å². The van der Waals surface area contributed by atoms with Crippen molar-refractivity contribution < 1.29 is 4.74 Å². The molecule has 1 heterocycles. The molecule has 0 saturated heterocycles. The van der Waals surface area contributed by atoms with Crippen molar-refractivity contribution in [2.75, 3.05) is 19.8 Å². The largest absolute Gasteiger partial charge is 0.379 e. The van der Waals surface area contributed by atoms with Crippen LogP contribution in [-0.2, 0) is 17.8 Å². The summed E-state index contributed by atoms with van der Waals surface area (Å²) >= 11 is 0. The Kier molecular flexibility index (Phi) is 6.98. The van der Waals surface area contributed by atoms with E-state index in [0.717, 1.165) is 45.1 Å². The summed E-state index contributed by atoms with van der Waals surface area (Å²) in [5.41, 5.74) is 1.24. The first-order valence-electron chi connectivity index (χ1n) is 6.94. The van der Waals surface area contributed by atoms with Crippen LogP contribution in [0.5, 0.6) is 0 Å². The fourth-order valence-electron chi connectivity index (χ4n) is 1.83. The fraction of sp³-hybridized carbons (Fsp3) is 0.786. The second kappa shape index (κ2) is 8.27. The van der Waals surface area contributed by atoms with Crippen molar-refractivity contribution in [2.24, 2.45) is 5.92 Å². The molecule has 0 atom stereocenters. The summed E-state index contributed by atoms with van der Waals surface area (Å²) in [6.07, 6.45) is 3.12. The Morgan fingerprint density at radius 1 is 1.44 bits per heavy atom. The van der Waals surface area contributed by atoms with Crippen molar-refractivity contribution in [2.45, 2.75) is 47.2 Å². The molecule has 0 amide bonds. The van der Waals surface area contributed by atoms with Gasteiger partial charge in [-0.05, 0) is 25.8 Å². The van der Waals surface area contributed by atoms with E-state index >= 15 is 0 Å². The molecular formula is C14H27N3O. The van der Waals surface area contributed by atoms with Gasteiger partial charge >= 0.3 is 0 Å². The Morgan fingerprint density at radius 2 is 2.22 bits per heavy atom. The van der Waals surface area contributed by atoms with Crippen LogP contribution in [0.3, 0.4) is 0 Å². The van der Waals surface area contributed by atoms with E-state index in [2.05, 4.69) is 35.6 Å². The molecule has 1 N–H and O–H groups in total. The third kappa shape index (κ3) is 5.19. The summed E-state index contributed by atoms with van der Waals surface area (Å²) in [6, 6.07) is 0. The normalized spacial score (nSPS) is 11.4. The van der Waals surface area contributed by atoms with Gasteiger partial charge < -0.3 is 14.6 Å². The molecule has 1 aromatic heterocycles. The van der Waals surface area contributed by atoms with E-state index in [9.17, 15) is 0 Å². The van der Waals surface area contributed by atoms with Gasteiger partial charge in [0.15, 0.2) is 0 Å². The molecule has 0 aromatic carbocycles. The maximum atomic E-state index is 5.64. The molecule has 18 heavy (non-hydrogen) atoms. The Hall–Kier alpha value is -0.870. The number of nitrogens with one attached hydrogen (secondary N) is 1. The second-order valence-corrected chi connectivity index (χ2v) is 5.09. The van der Waals surface area contributed by atoms with Crippen LogP contribution < -0.4 is 5.32 Å². The van der Waals surface area contributed by atoms with Gasteiger partial charge in [0.05, 0.1) is 12.3 Å². The predicted molar refractivity (Wildman–Crippen MR) is 74.6 cm³/mol. The highest BCUT2D eigenvalue weighted by atomic mass is 16.5. The first kappa shape index (κ1) is 15.2. The molecular weight excluding hydrogens is 226 g/mol. The van der Waals surface area contributed by atoms with Crippen LogP contribution in [0.4, 0.5) is 0 Å². The molecule has 0 aliphatic heterocycles. The summed E-state index contributed by atoms with van der Waals surface area (Å²) in [4.78, 5) is 4.38. The Labute approximate surface area is 111 Å². The molecule has 104 valence electrons. The van der Waals surface area contributed by atoms with Gasteiger partial charge in [-0.3, -0.25) is 0 Å². The minimum atomic E-state index is 0.597. The zero-order chi connectivity index (χ0) is 13.4. The van der Waals surface area contributed by atoms with Gasteiger partial charge in [0, 0.05) is 25.9 Å². The molecule has 0 aliphatic carbocycles. The van der Waals surface area contributed by atoms with Gasteiger partial charge in [-0.25, -0.2) is 4.98 Å². The molecule has 4 nitrogen and oxygen atoms in total. The smallest absolute Gasteiger partial charge is 0.105 e. The lowest BCUT2D eigenvalue weighted by molar-refractivity contribution is 0.102. The van der Waals surface area contributed by atoms with Crippen molar-refractivity contribution in [1.29, 1.82) is 0 Å². The van der Waals surface area contributed by atoms with Crippen molar-refractivity contribution in [3.8, 4) is 0 Å². The average molecular weight is 253 g/mol. The van der Waals surface area contributed by atoms with Gasteiger partial charge in [-0.2, -0.15) is 0 Å². The molecule has 0 unspecified atom stereocenters. The fourth-order valence-corrected chi connectivity index (χ4v) is 1.83. The lowest BCUT2D eigenvalue weighted by Gasteiger charge is -2.12. The lowest BCUT2D eigenvalue weighted by Crippen LogP contribution is -2.19. The molecule has 0 bridgehead atoms. The number of aryl methyl sites for hydroxylation is 1. The van der Waals surface area contributed by atoms with Crippen LogP contribution in [-0.4, -0.2) is 29.3 Å². The zero-order valence-electron chi connectivity index (χ0n) is 12.2. The molecule has 4 heteroatoms. The zero-order valence-corrected chi connectivity index (χ0v) is 12.2. The van der Waals surface area contributed by atoms with Gasteiger partial charge in [-0.1, -0.05) is 20.8 Å². The number of nitrogens with zero attached hydrogens (tertiary/aromatic N) is 2. The summed E-state index contributed by atoms with van der Waals surface area (Å²) in [5, 5.41) is 3.41. The molecule has 1 rings (SSSR count). The number of rotatable bonds is 9. The van der Waals surface area contributed by atoms with Crippen molar-refractivity contribution in [1.82, 2.24) is 14.9 Å². The molecule has 1 aromatic rings. The molecule has 0 radical (unpaired) electrons. The maximum Gasteiger partial charge on any atom is 0.105 e. The first-order chi connectivity index (χ1) is 8.65. The number of ether oxygens (including phenoxy) is 1. The van der Waals surface area contributed by atoms with Crippen LogP contribution in [0.25, 0.3) is 0 Å². The van der Waals surface area contributed by atoms with E-state index in [1.54, 1.807) is 0 Å². The highest BCUT2D eigenvalue weighted by molar-refractivity contribution is 5.04. The molecule has 0 fully saturated rings. The molecule has 0 spiro atoms. The number of aromatic nitrogens is 2. The van der Waals surface area contributed by atoms with E-state index in [1.165, 1.54) is 5.69 Å². The summed E-state index contributed by atoms with van der Waals surface area (Å²) in [6.45, 7) is 13.0. The van der Waals surface area contributed by atoms with Crippen molar-refractivity contribution >= 4 is 0 Å². The van der Waals surface area contributed by atoms with Gasteiger partial charge in [0.1, 0.15) is 5.82 Å². The van der Waals surface area contributed by atoms with Crippen LogP contribution >= 0.6 is 0 Å². The third-order valence-electron chi connectivity index (χ3n) is 2.78. The van der Waals surface area contributed by atoms with Crippen LogP contribution in [0, 0.1) is 12.8 Å². The maximum absolute atomic E-state index is 5.64. The first-order valence-corrected chi connectivity index (χ1v) is 6.94. The third-order valence-corrected chi connectivity index (χ3v) is 2.78. The average Bonchev–Trinajstić information content (AvgIpc) is 2.67. The van der Waals surface area contributed by atoms with E-state index in [-0.39, 0.29) is 0 Å². The summed E-state index contributed by atoms with van der Waals surface area (Å²) in [5.74, 6) is 1.66. The van der Waals surface area contributed by atoms with Gasteiger partial charge in [-0.15, -0.1) is 0 Å². The van der Waals surface area contributed by atoms with Gasteiger partial charge in [0.2, 0.25) is 0 Å². The lowest BCUT2D eigenvalue weighted by atomic mass is 10.2. The minimum absolute atomic E-state index is 0.597. The quantitative estimate of drug-likeness (QED) is 0.687. The van der Waals surface area contributed by atoms with E-state index in [1.807, 2.05) is 13.1 Å². The molecule has 0 saturated carbocycles. The van der Waals surface area contributed by atoms with E-state index < -0.39 is 0 Å². The number of hydrogen-bond donors (Lipinski definition) is 1. The number of hydrogen-bond acceptors (Lipinski definition) is 3. The highest BCUT2D eigenvalue weighted by Crippen LogP contribution is 2.05. The van der Waals surface area contributed by atoms with E-state index in [0.29, 0.717) is 5.92 Å². The summed E-state index contributed by atoms with van der Waals surface area (Å²) in [7, 11) is 0.